The highest BCUT2D eigenvalue weighted by Crippen LogP contribution is 2.35. The van der Waals surface area contributed by atoms with E-state index in [9.17, 15) is 4.79 Å². The third-order valence-corrected chi connectivity index (χ3v) is 2.98. The second kappa shape index (κ2) is 10.6. The van der Waals surface area contributed by atoms with Crippen molar-refractivity contribution < 1.29 is 9.53 Å². The Hall–Kier alpha value is -1.31. The average molecular weight is 264 g/mol. The van der Waals surface area contributed by atoms with Crippen molar-refractivity contribution in [3.05, 3.63) is 35.4 Å². The van der Waals surface area contributed by atoms with E-state index in [2.05, 4.69) is 18.2 Å². The number of hydrogen-bond donors (Lipinski definition) is 0. The van der Waals surface area contributed by atoms with Gasteiger partial charge in [0, 0.05) is 0 Å². The number of fused-ring (bicyclic) bond motifs is 1. The van der Waals surface area contributed by atoms with Crippen LogP contribution >= 0.6 is 0 Å². The number of benzene rings is 1. The second-order valence-corrected chi connectivity index (χ2v) is 3.94. The van der Waals surface area contributed by atoms with Gasteiger partial charge in [-0.05, 0) is 36.8 Å². The fraction of sp³-hybridized carbons (Fsp3) is 0.588. The molecule has 0 radical (unpaired) electrons. The zero-order chi connectivity index (χ0) is 14.7. The molecule has 1 aliphatic rings. The van der Waals surface area contributed by atoms with Crippen LogP contribution in [-0.4, -0.2) is 12.6 Å². The Labute approximate surface area is 118 Å². The number of carbonyl (C=O) groups is 1. The van der Waals surface area contributed by atoms with Gasteiger partial charge in [-0.25, -0.2) is 0 Å². The third-order valence-electron chi connectivity index (χ3n) is 2.98. The van der Waals surface area contributed by atoms with Gasteiger partial charge in [-0.3, -0.25) is 4.79 Å². The standard InChI is InChI=1S/C13H16O2.2C2H6/c1-2-15-13(14)9-11-8-7-10-5-3-4-6-12(10)11;2*1-2/h3-6,11H,2,7-9H2,1H3;2*1-2H3. The van der Waals surface area contributed by atoms with Crippen molar-refractivity contribution >= 4 is 5.97 Å². The van der Waals surface area contributed by atoms with Crippen LogP contribution in [0.4, 0.5) is 0 Å². The minimum Gasteiger partial charge on any atom is -0.466 e. The minimum absolute atomic E-state index is 0.0702. The van der Waals surface area contributed by atoms with E-state index in [0.717, 1.165) is 12.8 Å². The molecule has 2 nitrogen and oxygen atoms in total. The molecule has 0 aliphatic heterocycles. The van der Waals surface area contributed by atoms with Gasteiger partial charge in [0.2, 0.25) is 0 Å². The summed E-state index contributed by atoms with van der Waals surface area (Å²) in [4.78, 5) is 11.4. The summed E-state index contributed by atoms with van der Waals surface area (Å²) in [6, 6.07) is 8.39. The van der Waals surface area contributed by atoms with E-state index in [0.29, 0.717) is 18.9 Å². The van der Waals surface area contributed by atoms with E-state index >= 15 is 0 Å². The lowest BCUT2D eigenvalue weighted by Crippen LogP contribution is -2.08. The van der Waals surface area contributed by atoms with Crippen LogP contribution in [0, 0.1) is 0 Å². The largest absolute Gasteiger partial charge is 0.466 e. The molecule has 1 aliphatic carbocycles. The number of carbonyl (C=O) groups excluding carboxylic acids is 1. The second-order valence-electron chi connectivity index (χ2n) is 3.94. The topological polar surface area (TPSA) is 26.3 Å². The van der Waals surface area contributed by atoms with Gasteiger partial charge in [0.25, 0.3) is 0 Å². The van der Waals surface area contributed by atoms with Gasteiger partial charge in [-0.15, -0.1) is 0 Å². The van der Waals surface area contributed by atoms with Crippen molar-refractivity contribution in [2.45, 2.75) is 59.8 Å². The Kier molecular flexibility index (Phi) is 9.87. The van der Waals surface area contributed by atoms with Gasteiger partial charge in [-0.1, -0.05) is 52.0 Å². The highest BCUT2D eigenvalue weighted by molar-refractivity contribution is 5.70. The maximum Gasteiger partial charge on any atom is 0.306 e. The molecule has 0 N–H and O–H groups in total. The highest BCUT2D eigenvalue weighted by atomic mass is 16.5. The third kappa shape index (κ3) is 5.46. The molecule has 1 unspecified atom stereocenters. The van der Waals surface area contributed by atoms with Crippen molar-refractivity contribution in [2.24, 2.45) is 0 Å². The van der Waals surface area contributed by atoms with Crippen molar-refractivity contribution in [1.29, 1.82) is 0 Å². The van der Waals surface area contributed by atoms with Crippen molar-refractivity contribution in [3.63, 3.8) is 0 Å². The molecule has 19 heavy (non-hydrogen) atoms. The first-order chi connectivity index (χ1) is 9.31. The quantitative estimate of drug-likeness (QED) is 0.738. The molecule has 0 saturated carbocycles. The molecule has 2 rings (SSSR count). The summed E-state index contributed by atoms with van der Waals surface area (Å²) in [5, 5.41) is 0. The maximum atomic E-state index is 11.4. The first kappa shape index (κ1) is 17.7. The van der Waals surface area contributed by atoms with E-state index < -0.39 is 0 Å². The van der Waals surface area contributed by atoms with Crippen LogP contribution in [0.15, 0.2) is 24.3 Å². The Bertz CT molecular complexity index is 358. The summed E-state index contributed by atoms with van der Waals surface area (Å²) in [6.07, 6.45) is 2.71. The molecule has 0 saturated heterocycles. The summed E-state index contributed by atoms with van der Waals surface area (Å²) in [5.41, 5.74) is 2.73. The lowest BCUT2D eigenvalue weighted by atomic mass is 9.98. The Balaban J connectivity index is 0.000000741. The summed E-state index contributed by atoms with van der Waals surface area (Å²) in [7, 11) is 0. The first-order valence-corrected chi connectivity index (χ1v) is 7.54. The molecule has 1 aromatic carbocycles. The fourth-order valence-corrected chi connectivity index (χ4v) is 2.28. The average Bonchev–Trinajstić information content (AvgIpc) is 2.87. The van der Waals surface area contributed by atoms with Crippen molar-refractivity contribution in [3.8, 4) is 0 Å². The number of esters is 1. The zero-order valence-electron chi connectivity index (χ0n) is 13.0. The zero-order valence-corrected chi connectivity index (χ0v) is 13.0. The molecule has 0 amide bonds. The van der Waals surface area contributed by atoms with Gasteiger partial charge in [0.15, 0.2) is 0 Å². The van der Waals surface area contributed by atoms with Gasteiger partial charge in [0.1, 0.15) is 0 Å². The Morgan fingerprint density at radius 3 is 2.47 bits per heavy atom. The number of ether oxygens (including phenoxy) is 1. The van der Waals surface area contributed by atoms with Crippen LogP contribution in [0.1, 0.15) is 64.5 Å². The van der Waals surface area contributed by atoms with E-state index in [-0.39, 0.29) is 5.97 Å². The van der Waals surface area contributed by atoms with E-state index in [1.807, 2.05) is 40.7 Å². The van der Waals surface area contributed by atoms with E-state index in [1.54, 1.807) is 0 Å². The van der Waals surface area contributed by atoms with Crippen LogP contribution in [0.2, 0.25) is 0 Å². The molecule has 108 valence electrons. The summed E-state index contributed by atoms with van der Waals surface area (Å²) >= 11 is 0. The van der Waals surface area contributed by atoms with Crippen LogP contribution in [0.25, 0.3) is 0 Å². The number of aryl methyl sites for hydroxylation is 1. The maximum absolute atomic E-state index is 11.4. The smallest absolute Gasteiger partial charge is 0.306 e. The number of rotatable bonds is 3. The molecule has 0 heterocycles. The van der Waals surface area contributed by atoms with Crippen LogP contribution in [0.5, 0.6) is 0 Å². The lowest BCUT2D eigenvalue weighted by Gasteiger charge is -2.10. The molecule has 1 aromatic rings. The molecule has 1 atom stereocenters. The van der Waals surface area contributed by atoms with Gasteiger partial charge in [0.05, 0.1) is 13.0 Å². The van der Waals surface area contributed by atoms with E-state index in [1.165, 1.54) is 11.1 Å². The Morgan fingerprint density at radius 1 is 1.21 bits per heavy atom. The van der Waals surface area contributed by atoms with Crippen LogP contribution in [0.3, 0.4) is 0 Å². The van der Waals surface area contributed by atoms with Gasteiger partial charge >= 0.3 is 5.97 Å². The van der Waals surface area contributed by atoms with E-state index in [4.69, 9.17) is 4.74 Å². The predicted molar refractivity (Wildman–Crippen MR) is 81.5 cm³/mol. The van der Waals surface area contributed by atoms with Crippen molar-refractivity contribution in [2.75, 3.05) is 6.61 Å². The number of hydrogen-bond acceptors (Lipinski definition) is 2. The summed E-state index contributed by atoms with van der Waals surface area (Å²) < 4.78 is 4.98. The lowest BCUT2D eigenvalue weighted by molar-refractivity contribution is -0.143. The highest BCUT2D eigenvalue weighted by Gasteiger charge is 2.24. The van der Waals surface area contributed by atoms with Gasteiger partial charge < -0.3 is 4.74 Å². The molecular formula is C17H28O2. The first-order valence-electron chi connectivity index (χ1n) is 7.54. The fourth-order valence-electron chi connectivity index (χ4n) is 2.28. The van der Waals surface area contributed by atoms with Gasteiger partial charge in [-0.2, -0.15) is 0 Å². The Morgan fingerprint density at radius 2 is 1.84 bits per heavy atom. The molecule has 0 aromatic heterocycles. The van der Waals surface area contributed by atoms with Crippen LogP contribution < -0.4 is 0 Å². The van der Waals surface area contributed by atoms with Crippen LogP contribution in [-0.2, 0) is 16.0 Å². The predicted octanol–water partition coefficient (Wildman–Crippen LogP) is 4.72. The molecule has 0 bridgehead atoms. The molecule has 0 fully saturated rings. The summed E-state index contributed by atoms with van der Waals surface area (Å²) in [5.74, 6) is 0.305. The minimum atomic E-state index is -0.0702. The SMILES string of the molecule is CC.CC.CCOC(=O)CC1CCc2ccccc21. The monoisotopic (exact) mass is 264 g/mol. The normalized spacial score (nSPS) is 15.3. The molecule has 2 heteroatoms. The molecule has 0 spiro atoms. The van der Waals surface area contributed by atoms with Crippen molar-refractivity contribution in [1.82, 2.24) is 0 Å². The summed E-state index contributed by atoms with van der Waals surface area (Å²) in [6.45, 7) is 10.3. The molecular weight excluding hydrogens is 236 g/mol.